The molecule has 1 aromatic rings. The van der Waals surface area contributed by atoms with Gasteiger partial charge in [0.25, 0.3) is 0 Å². The number of phosphoric acid groups is 2. The Kier molecular flexibility index (Phi) is 27.0. The number of allylic oxidation sites excluding steroid dienone is 4. The van der Waals surface area contributed by atoms with Crippen molar-refractivity contribution >= 4 is 33.4 Å². The number of nitrogen functional groups attached to an aromatic ring is 1. The van der Waals surface area contributed by atoms with E-state index in [1.165, 1.54) is 44.6 Å². The number of hydrogen-bond acceptors (Lipinski definition) is 16. The first-order valence-electron chi connectivity index (χ1n) is 23.5. The number of aliphatic hydroxyl groups is 2. The third-order valence-electron chi connectivity index (χ3n) is 11.2. The first-order chi connectivity index (χ1) is 31.5. The number of nitrogens with zero attached hydrogens (tertiary/aromatic N) is 2. The number of epoxide rings is 1. The van der Waals surface area contributed by atoms with Crippen LogP contribution >= 0.6 is 15.6 Å². The first kappa shape index (κ1) is 57.3. The van der Waals surface area contributed by atoms with E-state index < -0.39 is 83.7 Å². The summed E-state index contributed by atoms with van der Waals surface area (Å²) in [6.07, 6.45) is 23.0. The van der Waals surface area contributed by atoms with Crippen molar-refractivity contribution in [2.45, 2.75) is 186 Å². The number of carbonyl (C=O) groups excluding carboxylic acids is 2. The van der Waals surface area contributed by atoms with E-state index in [0.29, 0.717) is 25.2 Å². The van der Waals surface area contributed by atoms with Crippen molar-refractivity contribution in [3.8, 4) is 0 Å². The Morgan fingerprint density at radius 1 is 0.803 bits per heavy atom. The molecule has 19 nitrogen and oxygen atoms in total. The molecule has 0 spiro atoms. The van der Waals surface area contributed by atoms with Gasteiger partial charge in [0, 0.05) is 19.0 Å². The SMILES string of the molecule is CCCCC/C=C\C/C=C\CC1OC1C/C=C\CCCC(=O)O[C@H](COC(=O)CCCCCCCCC(C)CC)COP(=O)(O)OP(=O)(O)OC[C@H]1O[C@@H](n2ccc(N)nc2=O)[C@H](O)[C@@H]1O. The van der Waals surface area contributed by atoms with Gasteiger partial charge in [-0.05, 0) is 63.4 Å². The van der Waals surface area contributed by atoms with Crippen LogP contribution in [0.15, 0.2) is 53.5 Å². The number of aliphatic hydroxyl groups excluding tert-OH is 2. The monoisotopic (exact) mass is 975 g/mol. The number of ether oxygens (including phenoxy) is 4. The molecule has 376 valence electrons. The molecule has 2 saturated heterocycles. The molecule has 1 aromatic heterocycles. The molecular formula is C45H75N3O16P2. The van der Waals surface area contributed by atoms with Gasteiger partial charge in [-0.1, -0.05) is 115 Å². The highest BCUT2D eigenvalue weighted by molar-refractivity contribution is 7.61. The van der Waals surface area contributed by atoms with Gasteiger partial charge in [0.15, 0.2) is 12.3 Å². The summed E-state index contributed by atoms with van der Waals surface area (Å²) in [6.45, 7) is 4.27. The average Bonchev–Trinajstić information content (AvgIpc) is 3.96. The normalized spacial score (nSPS) is 23.6. The Morgan fingerprint density at radius 3 is 2.15 bits per heavy atom. The van der Waals surface area contributed by atoms with E-state index in [2.05, 4.69) is 54.4 Å². The van der Waals surface area contributed by atoms with Crippen LogP contribution in [0.4, 0.5) is 5.82 Å². The lowest BCUT2D eigenvalue weighted by Gasteiger charge is -2.21. The molecule has 3 heterocycles. The molecule has 0 aliphatic carbocycles. The number of anilines is 1. The molecule has 10 atom stereocenters. The van der Waals surface area contributed by atoms with Gasteiger partial charge in [0.2, 0.25) is 0 Å². The second kappa shape index (κ2) is 31.1. The molecular weight excluding hydrogens is 900 g/mol. The number of carbonyl (C=O) groups is 2. The third kappa shape index (κ3) is 23.8. The molecule has 3 rings (SSSR count). The van der Waals surface area contributed by atoms with Crippen LogP contribution in [0.5, 0.6) is 0 Å². The fourth-order valence-corrected chi connectivity index (χ4v) is 9.08. The number of unbranched alkanes of at least 4 members (excludes halogenated alkanes) is 9. The Morgan fingerprint density at radius 2 is 1.44 bits per heavy atom. The number of rotatable bonds is 36. The Labute approximate surface area is 389 Å². The molecule has 2 aliphatic heterocycles. The molecule has 0 aromatic carbocycles. The van der Waals surface area contributed by atoms with Crippen LogP contribution in [0.2, 0.25) is 0 Å². The third-order valence-corrected chi connectivity index (χ3v) is 13.8. The fraction of sp³-hybridized carbons (Fsp3) is 0.733. The predicted molar refractivity (Wildman–Crippen MR) is 247 cm³/mol. The summed E-state index contributed by atoms with van der Waals surface area (Å²) < 4.78 is 62.3. The van der Waals surface area contributed by atoms with E-state index in [1.54, 1.807) is 0 Å². The standard InChI is InChI=1S/C45H75N3O16P2/c1-4-6-7-8-9-10-11-15-20-25-36-37(62-36)26-21-17-18-23-28-41(50)61-35(31-58-40(49)27-22-16-13-12-14-19-24-34(3)5-2)32-59-65(54,55)64-66(56,57)60-33-38-42(51)43(52)44(63-38)48-30-29-39(46)47-45(48)53/h9-10,15,17,20-21,29-30,34-38,42-44,51-52H,4-8,11-14,16,18-19,22-28,31-33H2,1-3H3,(H,54,55)(H,56,57)(H2,46,47,53)/b10-9-,20-15-,21-17-/t34?,35-,36?,37?,38-,42-,43-,44-/m1/s1. The maximum Gasteiger partial charge on any atom is 0.481 e. The van der Waals surface area contributed by atoms with E-state index in [-0.39, 0.29) is 30.9 Å². The van der Waals surface area contributed by atoms with Crippen LogP contribution in [0, 0.1) is 5.92 Å². The lowest BCUT2D eigenvalue weighted by atomic mass is 10.00. The number of nitrogens with two attached hydrogens (primary N) is 1. The molecule has 66 heavy (non-hydrogen) atoms. The highest BCUT2D eigenvalue weighted by atomic mass is 31.3. The summed E-state index contributed by atoms with van der Waals surface area (Å²) in [4.78, 5) is 61.7. The number of phosphoric ester groups is 2. The van der Waals surface area contributed by atoms with Gasteiger partial charge in [0.1, 0.15) is 30.7 Å². The van der Waals surface area contributed by atoms with E-state index in [0.717, 1.165) is 62.1 Å². The van der Waals surface area contributed by atoms with Gasteiger partial charge in [-0.2, -0.15) is 9.29 Å². The lowest BCUT2D eigenvalue weighted by molar-refractivity contribution is -0.161. The zero-order valence-corrected chi connectivity index (χ0v) is 40.6. The van der Waals surface area contributed by atoms with Crippen LogP contribution < -0.4 is 11.4 Å². The number of esters is 2. The van der Waals surface area contributed by atoms with Crippen LogP contribution in [-0.2, 0) is 51.0 Å². The molecule has 2 aliphatic rings. The number of aromatic nitrogens is 2. The Bertz CT molecular complexity index is 1830. The minimum atomic E-state index is -5.43. The largest absolute Gasteiger partial charge is 0.481 e. The van der Waals surface area contributed by atoms with E-state index in [4.69, 9.17) is 33.7 Å². The van der Waals surface area contributed by atoms with Gasteiger partial charge in [0.05, 0.1) is 25.4 Å². The minimum absolute atomic E-state index is 0.0341. The minimum Gasteiger partial charge on any atom is -0.462 e. The lowest BCUT2D eigenvalue weighted by Crippen LogP contribution is -2.36. The van der Waals surface area contributed by atoms with Gasteiger partial charge in [-0.3, -0.25) is 23.2 Å². The summed E-state index contributed by atoms with van der Waals surface area (Å²) >= 11 is 0. The molecule has 0 saturated carbocycles. The topological polar surface area (TPSA) is 278 Å². The maximum absolute atomic E-state index is 12.8. The smallest absolute Gasteiger partial charge is 0.462 e. The van der Waals surface area contributed by atoms with Crippen molar-refractivity contribution in [2.75, 3.05) is 25.6 Å². The number of hydrogen-bond donors (Lipinski definition) is 5. The summed E-state index contributed by atoms with van der Waals surface area (Å²) in [7, 11) is -10.9. The first-order valence-corrected chi connectivity index (χ1v) is 26.5. The second-order valence-electron chi connectivity index (χ2n) is 16.9. The van der Waals surface area contributed by atoms with Crippen LogP contribution in [-0.4, -0.2) is 97.9 Å². The molecule has 0 radical (unpaired) electrons. The molecule has 0 amide bonds. The van der Waals surface area contributed by atoms with Gasteiger partial charge in [-0.15, -0.1) is 0 Å². The average molecular weight is 976 g/mol. The van der Waals surface area contributed by atoms with Crippen LogP contribution in [0.25, 0.3) is 0 Å². The Balaban J connectivity index is 1.44. The predicted octanol–water partition coefficient (Wildman–Crippen LogP) is 7.67. The van der Waals surface area contributed by atoms with E-state index in [9.17, 15) is 43.5 Å². The molecule has 0 bridgehead atoms. The van der Waals surface area contributed by atoms with Crippen molar-refractivity contribution in [1.82, 2.24) is 9.55 Å². The van der Waals surface area contributed by atoms with Crippen molar-refractivity contribution < 1.29 is 71.0 Å². The maximum atomic E-state index is 12.8. The van der Waals surface area contributed by atoms with Crippen molar-refractivity contribution in [2.24, 2.45) is 5.92 Å². The van der Waals surface area contributed by atoms with Gasteiger partial charge in [-0.25, -0.2) is 13.9 Å². The van der Waals surface area contributed by atoms with Crippen LogP contribution in [0.3, 0.4) is 0 Å². The molecule has 2 fully saturated rings. The zero-order valence-electron chi connectivity index (χ0n) is 38.8. The molecule has 6 N–H and O–H groups in total. The second-order valence-corrected chi connectivity index (χ2v) is 19.9. The van der Waals surface area contributed by atoms with Gasteiger partial charge < -0.3 is 44.7 Å². The molecule has 21 heteroatoms. The molecule has 5 unspecified atom stereocenters. The zero-order chi connectivity index (χ0) is 48.4. The fourth-order valence-electron chi connectivity index (χ4n) is 6.97. The summed E-state index contributed by atoms with van der Waals surface area (Å²) in [5.41, 5.74) is 4.57. The van der Waals surface area contributed by atoms with E-state index in [1.807, 2.05) is 12.2 Å². The highest BCUT2D eigenvalue weighted by Crippen LogP contribution is 2.60. The summed E-state index contributed by atoms with van der Waals surface area (Å²) in [5.74, 6) is -0.661. The van der Waals surface area contributed by atoms with E-state index >= 15 is 0 Å². The van der Waals surface area contributed by atoms with Crippen molar-refractivity contribution in [1.29, 1.82) is 0 Å². The van der Waals surface area contributed by atoms with Crippen LogP contribution in [0.1, 0.15) is 149 Å². The van der Waals surface area contributed by atoms with Gasteiger partial charge >= 0.3 is 33.3 Å². The highest BCUT2D eigenvalue weighted by Gasteiger charge is 2.46. The Hall–Kier alpha value is -3.06. The van der Waals surface area contributed by atoms with Crippen molar-refractivity contribution in [3.63, 3.8) is 0 Å². The quantitative estimate of drug-likeness (QED) is 0.0142. The van der Waals surface area contributed by atoms with Crippen molar-refractivity contribution in [3.05, 3.63) is 59.2 Å². The summed E-state index contributed by atoms with van der Waals surface area (Å²) in [6, 6.07) is 1.24. The summed E-state index contributed by atoms with van der Waals surface area (Å²) in [5, 5.41) is 20.9.